The average Bonchev–Trinajstić information content (AvgIpc) is 2.59. The zero-order chi connectivity index (χ0) is 18.3. The summed E-state index contributed by atoms with van der Waals surface area (Å²) in [7, 11) is -3.39. The van der Waals surface area contributed by atoms with E-state index in [9.17, 15) is 13.2 Å². The highest BCUT2D eigenvalue weighted by Gasteiger charge is 2.12. The van der Waals surface area contributed by atoms with Crippen molar-refractivity contribution in [1.29, 1.82) is 0 Å². The molecule has 0 spiro atoms. The zero-order valence-corrected chi connectivity index (χ0v) is 16.1. The van der Waals surface area contributed by atoms with Gasteiger partial charge in [-0.05, 0) is 30.2 Å². The second-order valence-electron chi connectivity index (χ2n) is 5.73. The van der Waals surface area contributed by atoms with Gasteiger partial charge in [-0.1, -0.05) is 43.3 Å². The summed E-state index contributed by atoms with van der Waals surface area (Å²) >= 11 is 0. The van der Waals surface area contributed by atoms with Crippen LogP contribution in [0.5, 0.6) is 0 Å². The molecule has 0 aliphatic rings. The number of benzene rings is 2. The van der Waals surface area contributed by atoms with Gasteiger partial charge in [0.15, 0.2) is 0 Å². The first-order valence-electron chi connectivity index (χ1n) is 8.10. The van der Waals surface area contributed by atoms with Crippen LogP contribution in [0.25, 0.3) is 0 Å². The quantitative estimate of drug-likeness (QED) is 0.637. The molecule has 6 nitrogen and oxygen atoms in total. The molecule has 0 fully saturated rings. The summed E-state index contributed by atoms with van der Waals surface area (Å²) in [6.07, 6.45) is 0.521. The molecular weight excluding hydrogens is 374 g/mol. The summed E-state index contributed by atoms with van der Waals surface area (Å²) in [6.45, 7) is 2.08. The summed E-state index contributed by atoms with van der Waals surface area (Å²) in [5.41, 5.74) is 7.74. The van der Waals surface area contributed by atoms with Gasteiger partial charge in [-0.15, -0.1) is 12.4 Å². The highest BCUT2D eigenvalue weighted by atomic mass is 35.5. The van der Waals surface area contributed by atoms with Crippen molar-refractivity contribution >= 4 is 34.0 Å². The number of carbonyl (C=O) groups is 1. The molecule has 1 unspecified atom stereocenters. The molecule has 4 N–H and O–H groups in total. The molecular formula is C18H24ClN3O3S. The molecule has 2 aromatic carbocycles. The van der Waals surface area contributed by atoms with E-state index in [0.717, 1.165) is 5.56 Å². The number of amides is 1. The minimum absolute atomic E-state index is 0. The van der Waals surface area contributed by atoms with Crippen LogP contribution in [0.1, 0.15) is 35.3 Å². The number of halogens is 1. The van der Waals surface area contributed by atoms with E-state index in [1.807, 2.05) is 30.3 Å². The molecule has 142 valence electrons. The van der Waals surface area contributed by atoms with Gasteiger partial charge in [0.2, 0.25) is 10.0 Å². The summed E-state index contributed by atoms with van der Waals surface area (Å²) in [4.78, 5) is 12.3. The normalized spacial score (nSPS) is 11.9. The van der Waals surface area contributed by atoms with E-state index in [0.29, 0.717) is 17.7 Å². The Morgan fingerprint density at radius 2 is 1.81 bits per heavy atom. The third kappa shape index (κ3) is 6.67. The maximum absolute atomic E-state index is 12.3. The van der Waals surface area contributed by atoms with Gasteiger partial charge in [-0.2, -0.15) is 0 Å². The highest BCUT2D eigenvalue weighted by Crippen LogP contribution is 2.14. The number of hydrogen-bond donors (Lipinski definition) is 3. The van der Waals surface area contributed by atoms with Crippen molar-refractivity contribution in [2.75, 3.05) is 17.0 Å². The molecule has 0 saturated heterocycles. The van der Waals surface area contributed by atoms with Gasteiger partial charge in [0, 0.05) is 23.8 Å². The van der Waals surface area contributed by atoms with E-state index in [-0.39, 0.29) is 36.7 Å². The molecule has 2 aromatic rings. The van der Waals surface area contributed by atoms with E-state index >= 15 is 0 Å². The predicted molar refractivity (Wildman–Crippen MR) is 107 cm³/mol. The number of hydrogen-bond acceptors (Lipinski definition) is 4. The minimum atomic E-state index is -3.39. The number of carbonyl (C=O) groups excluding carboxylic acids is 1. The second kappa shape index (κ2) is 10.2. The van der Waals surface area contributed by atoms with Gasteiger partial charge in [0.1, 0.15) is 0 Å². The lowest BCUT2D eigenvalue weighted by atomic mass is 10.1. The number of sulfonamides is 1. The van der Waals surface area contributed by atoms with Crippen LogP contribution >= 0.6 is 12.4 Å². The Balaban J connectivity index is 0.00000338. The van der Waals surface area contributed by atoms with Crippen molar-refractivity contribution in [3.05, 3.63) is 65.7 Å². The van der Waals surface area contributed by atoms with Crippen molar-refractivity contribution in [2.45, 2.75) is 19.4 Å². The molecule has 0 aliphatic heterocycles. The van der Waals surface area contributed by atoms with Crippen LogP contribution in [0.4, 0.5) is 5.69 Å². The minimum Gasteiger partial charge on any atom is -0.350 e. The molecule has 0 aromatic heterocycles. The standard InChI is InChI=1S/C18H23N3O3S.ClH/c1-2-11-25(23,24)21-16-10-6-9-15(12-16)18(22)20-13-17(19)14-7-4-3-5-8-14;/h3-10,12,17,21H,2,11,13,19H2,1H3,(H,20,22);1H. The summed E-state index contributed by atoms with van der Waals surface area (Å²) in [5.74, 6) is -0.266. The average molecular weight is 398 g/mol. The van der Waals surface area contributed by atoms with Gasteiger partial charge in [-0.25, -0.2) is 8.42 Å². The largest absolute Gasteiger partial charge is 0.350 e. The van der Waals surface area contributed by atoms with Crippen LogP contribution in [0, 0.1) is 0 Å². The summed E-state index contributed by atoms with van der Waals surface area (Å²) in [6, 6.07) is 15.6. The Labute approximate surface area is 160 Å². The zero-order valence-electron chi connectivity index (χ0n) is 14.5. The van der Waals surface area contributed by atoms with Crippen LogP contribution in [-0.2, 0) is 10.0 Å². The first kappa shape index (κ1) is 22.0. The first-order chi connectivity index (χ1) is 11.9. The van der Waals surface area contributed by atoms with Crippen LogP contribution in [0.15, 0.2) is 54.6 Å². The van der Waals surface area contributed by atoms with Crippen molar-refractivity contribution < 1.29 is 13.2 Å². The van der Waals surface area contributed by atoms with Crippen molar-refractivity contribution in [2.24, 2.45) is 5.73 Å². The Kier molecular flexibility index (Phi) is 8.57. The van der Waals surface area contributed by atoms with Crippen LogP contribution in [0.2, 0.25) is 0 Å². The SMILES string of the molecule is CCCS(=O)(=O)Nc1cccc(C(=O)NCC(N)c2ccccc2)c1.Cl. The fraction of sp³-hybridized carbons (Fsp3) is 0.278. The predicted octanol–water partition coefficient (Wildman–Crippen LogP) is 2.69. The highest BCUT2D eigenvalue weighted by molar-refractivity contribution is 7.92. The lowest BCUT2D eigenvalue weighted by molar-refractivity contribution is 0.0951. The van der Waals surface area contributed by atoms with Crippen molar-refractivity contribution in [3.8, 4) is 0 Å². The Hall–Kier alpha value is -2.09. The molecule has 0 heterocycles. The maximum atomic E-state index is 12.3. The van der Waals surface area contributed by atoms with Gasteiger partial charge in [0.05, 0.1) is 5.75 Å². The van der Waals surface area contributed by atoms with E-state index in [1.165, 1.54) is 6.07 Å². The topological polar surface area (TPSA) is 101 Å². The fourth-order valence-corrected chi connectivity index (χ4v) is 3.47. The van der Waals surface area contributed by atoms with E-state index in [2.05, 4.69) is 10.0 Å². The van der Waals surface area contributed by atoms with E-state index < -0.39 is 10.0 Å². The number of nitrogens with two attached hydrogens (primary N) is 1. The molecule has 0 saturated carbocycles. The molecule has 1 atom stereocenters. The summed E-state index contributed by atoms with van der Waals surface area (Å²) in [5, 5.41) is 2.77. The lowest BCUT2D eigenvalue weighted by Crippen LogP contribution is -2.31. The second-order valence-corrected chi connectivity index (χ2v) is 7.57. The van der Waals surface area contributed by atoms with E-state index in [1.54, 1.807) is 25.1 Å². The lowest BCUT2D eigenvalue weighted by Gasteiger charge is -2.14. The Morgan fingerprint density at radius 3 is 2.46 bits per heavy atom. The number of rotatable bonds is 8. The third-order valence-electron chi connectivity index (χ3n) is 3.58. The maximum Gasteiger partial charge on any atom is 0.251 e. The number of nitrogens with one attached hydrogen (secondary N) is 2. The molecule has 0 bridgehead atoms. The smallest absolute Gasteiger partial charge is 0.251 e. The molecule has 1 amide bonds. The molecule has 0 radical (unpaired) electrons. The van der Waals surface area contributed by atoms with E-state index in [4.69, 9.17) is 5.73 Å². The molecule has 26 heavy (non-hydrogen) atoms. The number of anilines is 1. The first-order valence-corrected chi connectivity index (χ1v) is 9.76. The van der Waals surface area contributed by atoms with Crippen LogP contribution in [-0.4, -0.2) is 26.6 Å². The Bertz CT molecular complexity index is 813. The molecule has 8 heteroatoms. The van der Waals surface area contributed by atoms with Crippen LogP contribution < -0.4 is 15.8 Å². The molecule has 0 aliphatic carbocycles. The van der Waals surface area contributed by atoms with Gasteiger partial charge < -0.3 is 11.1 Å². The van der Waals surface area contributed by atoms with Gasteiger partial charge >= 0.3 is 0 Å². The monoisotopic (exact) mass is 397 g/mol. The third-order valence-corrected chi connectivity index (χ3v) is 5.07. The van der Waals surface area contributed by atoms with Gasteiger partial charge in [-0.3, -0.25) is 9.52 Å². The van der Waals surface area contributed by atoms with Crippen molar-refractivity contribution in [3.63, 3.8) is 0 Å². The Morgan fingerprint density at radius 1 is 1.12 bits per heavy atom. The van der Waals surface area contributed by atoms with Gasteiger partial charge in [0.25, 0.3) is 5.91 Å². The van der Waals surface area contributed by atoms with Crippen LogP contribution in [0.3, 0.4) is 0 Å². The molecule has 2 rings (SSSR count). The fourth-order valence-electron chi connectivity index (χ4n) is 2.35. The summed E-state index contributed by atoms with van der Waals surface area (Å²) < 4.78 is 26.1. The van der Waals surface area contributed by atoms with Crippen molar-refractivity contribution in [1.82, 2.24) is 5.32 Å².